The van der Waals surface area contributed by atoms with E-state index in [2.05, 4.69) is 14.0 Å². The number of esters is 1. The van der Waals surface area contributed by atoms with Crippen molar-refractivity contribution in [2.45, 2.75) is 38.3 Å². The lowest BCUT2D eigenvalue weighted by molar-refractivity contribution is -0.193. The molecule has 0 aromatic rings. The van der Waals surface area contributed by atoms with Crippen LogP contribution in [0.4, 0.5) is 0 Å². The van der Waals surface area contributed by atoms with E-state index < -0.39 is 11.8 Å². The van der Waals surface area contributed by atoms with Crippen LogP contribution in [0, 0.1) is 10.8 Å². The van der Waals surface area contributed by atoms with E-state index in [-0.39, 0.29) is 24.1 Å². The number of carbonyl (C=O) groups excluding carboxylic acids is 5. The second-order valence-electron chi connectivity index (χ2n) is 3.84. The Labute approximate surface area is 157 Å². The molecule has 148 valence electrons. The molecule has 0 aliphatic rings. The van der Waals surface area contributed by atoms with Gasteiger partial charge in [0.05, 0.1) is 18.7 Å². The summed E-state index contributed by atoms with van der Waals surface area (Å²) in [7, 11) is 3.75. The number of methoxy groups -OCH3 is 1. The van der Waals surface area contributed by atoms with Crippen LogP contribution in [0.1, 0.15) is 26.7 Å². The second kappa shape index (κ2) is 27.6. The Balaban J connectivity index is -0.000000152. The van der Waals surface area contributed by atoms with Crippen molar-refractivity contribution in [3.63, 3.8) is 0 Å². The van der Waals surface area contributed by atoms with Crippen LogP contribution in [0.3, 0.4) is 0 Å². The maximum atomic E-state index is 10.8. The fourth-order valence-corrected chi connectivity index (χ4v) is 1.07. The van der Waals surface area contributed by atoms with Crippen LogP contribution >= 0.6 is 0 Å². The Morgan fingerprint density at radius 3 is 1.52 bits per heavy atom. The zero-order valence-corrected chi connectivity index (χ0v) is 15.0. The van der Waals surface area contributed by atoms with Gasteiger partial charge in [-0.15, -0.1) is 0 Å². The summed E-state index contributed by atoms with van der Waals surface area (Å²) >= 11 is 0. The van der Waals surface area contributed by atoms with Crippen molar-refractivity contribution < 1.29 is 47.9 Å². The average Bonchev–Trinajstić information content (AvgIpc) is 2.64. The maximum absolute atomic E-state index is 10.8. The van der Waals surface area contributed by atoms with Crippen LogP contribution in [0.5, 0.6) is 0 Å². The Hall–Kier alpha value is -3.23. The lowest BCUT2D eigenvalue weighted by Gasteiger charge is -2.07. The first-order valence-electron chi connectivity index (χ1n) is 7.06. The number of carbonyl (C=O) groups is 2. The summed E-state index contributed by atoms with van der Waals surface area (Å²) in [5, 5.41) is 21.4. The molecule has 0 fully saturated rings. The zero-order valence-electron chi connectivity index (χ0n) is 15.0. The van der Waals surface area contributed by atoms with Crippen LogP contribution in [-0.4, -0.2) is 64.2 Å². The van der Waals surface area contributed by atoms with E-state index in [4.69, 9.17) is 35.1 Å². The molecule has 3 N–H and O–H groups in total. The van der Waals surface area contributed by atoms with Crippen molar-refractivity contribution >= 4 is 52.0 Å². The van der Waals surface area contributed by atoms with Crippen LogP contribution in [0.15, 0.2) is 0 Å². The van der Waals surface area contributed by atoms with Gasteiger partial charge < -0.3 is 19.2 Å². The van der Waals surface area contributed by atoms with Crippen LogP contribution < -0.4 is 0 Å². The molecule has 0 spiro atoms. The molecule has 0 saturated heterocycles. The second-order valence-corrected chi connectivity index (χ2v) is 3.84. The number of aliphatic carboxylic acids is 1. The fourth-order valence-electron chi connectivity index (χ4n) is 1.07. The van der Waals surface area contributed by atoms with Crippen LogP contribution in [0.2, 0.25) is 11.6 Å². The SMILES string of the molecule is CCC([B]OC=N)C(=O)OC.CC[C@H]([B]OC=N)C(=O)O.O=C=O.O=C=O. The molecule has 2 atom stereocenters. The number of hydrogen-bond donors (Lipinski definition) is 3. The molecule has 0 aromatic heterocycles. The van der Waals surface area contributed by atoms with Crippen molar-refractivity contribution in [2.24, 2.45) is 0 Å². The minimum absolute atomic E-state index is 0.250. The van der Waals surface area contributed by atoms with E-state index in [0.717, 1.165) is 13.9 Å². The molecule has 1 unspecified atom stereocenters. The van der Waals surface area contributed by atoms with E-state index in [9.17, 15) is 9.59 Å². The Morgan fingerprint density at radius 1 is 0.963 bits per heavy atom. The zero-order chi connectivity index (χ0) is 22.1. The highest BCUT2D eigenvalue weighted by Crippen LogP contribution is 2.09. The summed E-state index contributed by atoms with van der Waals surface area (Å²) in [6.45, 7) is 3.58. The Bertz CT molecular complexity index is 466. The predicted octanol–water partition coefficient (Wildman–Crippen LogP) is -0.0539. The average molecular weight is 386 g/mol. The van der Waals surface area contributed by atoms with Gasteiger partial charge in [-0.05, 0) is 12.8 Å². The standard InChI is InChI=1S/C6H11BNO3.C5H9BNO3.2CO2/c1-3-5(6(9)10-2)7-11-4-8;1-2-4(5(8)9)6-10-3-7;2*2-1-3/h4-5,8H,3H2,1-2H3;3-4,7H,2H2,1H3,(H,8,9);;/t;4-;;/m.0../s1. The van der Waals surface area contributed by atoms with Gasteiger partial charge in [-0.3, -0.25) is 20.4 Å². The smallest absolute Gasteiger partial charge is 0.386 e. The number of carboxylic acid groups (broad SMARTS) is 1. The highest BCUT2D eigenvalue weighted by molar-refractivity contribution is 6.38. The third kappa shape index (κ3) is 27.9. The van der Waals surface area contributed by atoms with E-state index in [1.807, 2.05) is 6.92 Å². The molecule has 0 heterocycles. The number of ether oxygens (including phenoxy) is 1. The summed E-state index contributed by atoms with van der Waals surface area (Å²) in [5.41, 5.74) is 0. The largest absolute Gasteiger partial charge is 0.555 e. The third-order valence-corrected chi connectivity index (χ3v) is 2.32. The topological polar surface area (TPSA) is 198 Å². The molecule has 27 heavy (non-hydrogen) atoms. The molecule has 0 aliphatic heterocycles. The molecule has 0 aliphatic carbocycles. The maximum Gasteiger partial charge on any atom is 0.386 e. The summed E-state index contributed by atoms with van der Waals surface area (Å²) in [6, 6.07) is 0. The van der Waals surface area contributed by atoms with E-state index in [1.54, 1.807) is 6.92 Å². The Morgan fingerprint density at radius 2 is 1.30 bits per heavy atom. The fraction of sp³-hybridized carbons (Fsp3) is 0.538. The quantitative estimate of drug-likeness (QED) is 0.198. The number of hydrogen-bond acceptors (Lipinski definition) is 11. The summed E-state index contributed by atoms with van der Waals surface area (Å²) in [4.78, 5) is 53.6. The van der Waals surface area contributed by atoms with Gasteiger partial charge in [-0.25, -0.2) is 0 Å². The molecular weight excluding hydrogens is 366 g/mol. The summed E-state index contributed by atoms with van der Waals surface area (Å²) in [6.07, 6.45) is 3.06. The van der Waals surface area contributed by atoms with Crippen molar-refractivity contribution in [3.8, 4) is 0 Å². The number of rotatable bonds is 10. The first-order chi connectivity index (χ1) is 12.8. The van der Waals surface area contributed by atoms with Crippen molar-refractivity contribution in [3.05, 3.63) is 0 Å². The van der Waals surface area contributed by atoms with Gasteiger partial charge in [0, 0.05) is 0 Å². The van der Waals surface area contributed by atoms with E-state index in [0.29, 0.717) is 19.2 Å². The normalized spacial score (nSPS) is 9.59. The molecule has 2 radical (unpaired) electrons. The van der Waals surface area contributed by atoms with Gasteiger partial charge in [-0.1, -0.05) is 13.8 Å². The lowest BCUT2D eigenvalue weighted by Crippen LogP contribution is -2.17. The van der Waals surface area contributed by atoms with Gasteiger partial charge in [0.25, 0.3) is 0 Å². The van der Waals surface area contributed by atoms with E-state index >= 15 is 0 Å². The highest BCUT2D eigenvalue weighted by Gasteiger charge is 2.20. The number of carboxylic acids is 1. The molecule has 0 rings (SSSR count). The lowest BCUT2D eigenvalue weighted by atomic mass is 9.78. The first kappa shape index (κ1) is 31.5. The molecule has 14 heteroatoms. The van der Waals surface area contributed by atoms with Gasteiger partial charge in [0.15, 0.2) is 0 Å². The van der Waals surface area contributed by atoms with Gasteiger partial charge >= 0.3 is 39.2 Å². The minimum Gasteiger partial charge on any atom is -0.555 e. The van der Waals surface area contributed by atoms with Gasteiger partial charge in [0.2, 0.25) is 0 Å². The number of nitrogens with one attached hydrogen (secondary N) is 2. The molecule has 0 bridgehead atoms. The Kier molecular flexibility index (Phi) is 32.2. The van der Waals surface area contributed by atoms with Crippen molar-refractivity contribution in [1.29, 1.82) is 10.8 Å². The molecule has 0 amide bonds. The predicted molar refractivity (Wildman–Crippen MR) is 89.0 cm³/mol. The molecule has 0 saturated carbocycles. The minimum atomic E-state index is -0.927. The molecular formula is C13H20B2N2O10. The molecule has 0 aromatic carbocycles. The van der Waals surface area contributed by atoms with Crippen LogP contribution in [-0.2, 0) is 42.8 Å². The summed E-state index contributed by atoms with van der Waals surface area (Å²) < 4.78 is 13.4. The molecule has 12 nitrogen and oxygen atoms in total. The highest BCUT2D eigenvalue weighted by atomic mass is 16.5. The van der Waals surface area contributed by atoms with Crippen LogP contribution in [0.25, 0.3) is 0 Å². The third-order valence-electron chi connectivity index (χ3n) is 2.32. The van der Waals surface area contributed by atoms with E-state index in [1.165, 1.54) is 14.6 Å². The monoisotopic (exact) mass is 386 g/mol. The first-order valence-corrected chi connectivity index (χ1v) is 7.06. The van der Waals surface area contributed by atoms with Crippen molar-refractivity contribution in [1.82, 2.24) is 0 Å². The summed E-state index contributed by atoms with van der Waals surface area (Å²) in [5.74, 6) is -2.25. The van der Waals surface area contributed by atoms with Gasteiger partial charge in [-0.2, -0.15) is 19.2 Å². The van der Waals surface area contributed by atoms with Crippen molar-refractivity contribution in [2.75, 3.05) is 7.11 Å². The van der Waals surface area contributed by atoms with Gasteiger partial charge in [0.1, 0.15) is 12.8 Å².